The summed E-state index contributed by atoms with van der Waals surface area (Å²) in [4.78, 5) is 55.5. The van der Waals surface area contributed by atoms with Crippen molar-refractivity contribution in [3.05, 3.63) is 89.7 Å². The van der Waals surface area contributed by atoms with Gasteiger partial charge in [-0.05, 0) is 88.0 Å². The molecule has 3 aromatic rings. The Morgan fingerprint density at radius 2 is 0.971 bits per heavy atom. The number of anilines is 2. The van der Waals surface area contributed by atoms with Gasteiger partial charge in [-0.25, -0.2) is 14.6 Å². The Hall–Kier alpha value is -2.67. The Bertz CT molecular complexity index is 1430. The lowest BCUT2D eigenvalue weighted by molar-refractivity contribution is -0.111. The Morgan fingerprint density at radius 1 is 0.543 bits per heavy atom. The Balaban J connectivity index is 1.67. The van der Waals surface area contributed by atoms with Gasteiger partial charge in [-0.15, -0.1) is 5.10 Å². The lowest BCUT2D eigenvalue weighted by Gasteiger charge is -2.17. The number of fused-ring (bicyclic) bond motifs is 1. The number of nitrogens with zero attached hydrogens (tertiary/aromatic N) is 4. The molecular formula is C23H10Br4N4O4. The molecule has 8 nitrogen and oxygen atoms in total. The number of imide groups is 2. The number of para-hydroxylation sites is 2. The van der Waals surface area contributed by atoms with E-state index in [1.54, 1.807) is 60.7 Å². The molecule has 2 heterocycles. The van der Waals surface area contributed by atoms with Gasteiger partial charge in [0.15, 0.2) is 0 Å². The Morgan fingerprint density at radius 3 is 1.43 bits per heavy atom. The standard InChI is InChI=1S/C23H10Br4N4O4/c24-15-13-14(16(25)18(27)17(15)26)21(33)31(20(13)32)28-19-22(34)30(12-9-5-2-6-10-12)23(35)29(19)11-7-3-1-4-8-11/h1-10H/b28-19+. The van der Waals surface area contributed by atoms with E-state index in [0.29, 0.717) is 34.3 Å². The van der Waals surface area contributed by atoms with E-state index < -0.39 is 23.8 Å². The number of amidine groups is 1. The smallest absolute Gasteiger partial charge is 0.267 e. The number of hydrogen-bond acceptors (Lipinski definition) is 5. The van der Waals surface area contributed by atoms with E-state index in [1.165, 1.54) is 0 Å². The van der Waals surface area contributed by atoms with Crippen LogP contribution >= 0.6 is 63.7 Å². The molecule has 0 bridgehead atoms. The van der Waals surface area contributed by atoms with Gasteiger partial charge in [0, 0.05) is 17.9 Å². The van der Waals surface area contributed by atoms with Crippen LogP contribution in [-0.4, -0.2) is 34.6 Å². The molecular weight excluding hydrogens is 716 g/mol. The summed E-state index contributed by atoms with van der Waals surface area (Å²) in [6, 6.07) is 16.0. The molecule has 0 aliphatic carbocycles. The second-order valence-corrected chi connectivity index (χ2v) is 10.5. The minimum atomic E-state index is -0.776. The molecule has 0 spiro atoms. The Labute approximate surface area is 232 Å². The van der Waals surface area contributed by atoms with E-state index in [2.05, 4.69) is 68.8 Å². The highest BCUT2D eigenvalue weighted by atomic mass is 79.9. The number of carbonyl (C=O) groups is 4. The van der Waals surface area contributed by atoms with Crippen molar-refractivity contribution in [3.8, 4) is 0 Å². The van der Waals surface area contributed by atoms with Crippen molar-refractivity contribution in [2.24, 2.45) is 5.10 Å². The first-order valence-electron chi connectivity index (χ1n) is 9.86. The highest BCUT2D eigenvalue weighted by molar-refractivity contribution is 9.15. The molecule has 0 radical (unpaired) electrons. The van der Waals surface area contributed by atoms with Gasteiger partial charge < -0.3 is 0 Å². The Kier molecular flexibility index (Phi) is 6.24. The molecule has 0 saturated carbocycles. The van der Waals surface area contributed by atoms with Gasteiger partial charge in [0.25, 0.3) is 11.8 Å². The number of hydrogen-bond donors (Lipinski definition) is 0. The fourth-order valence-electron chi connectivity index (χ4n) is 3.70. The largest absolute Gasteiger partial charge is 0.342 e. The van der Waals surface area contributed by atoms with Gasteiger partial charge in [-0.2, -0.15) is 5.01 Å². The predicted molar refractivity (Wildman–Crippen MR) is 143 cm³/mol. The maximum absolute atomic E-state index is 13.5. The minimum Gasteiger partial charge on any atom is -0.267 e. The lowest BCUT2D eigenvalue weighted by Crippen LogP contribution is -2.35. The first-order valence-corrected chi connectivity index (χ1v) is 13.0. The SMILES string of the molecule is O=C1c2c(Br)c(Br)c(Br)c(Br)c2C(=O)N1/N=C1\C(=O)N(c2ccccc2)C(=O)N1c1ccccc1. The summed E-state index contributed by atoms with van der Waals surface area (Å²) in [7, 11) is 0. The molecule has 5 amide bonds. The molecule has 1 fully saturated rings. The molecule has 0 atom stereocenters. The lowest BCUT2D eigenvalue weighted by atomic mass is 10.1. The van der Waals surface area contributed by atoms with E-state index >= 15 is 0 Å². The predicted octanol–water partition coefficient (Wildman–Crippen LogP) is 6.32. The summed E-state index contributed by atoms with van der Waals surface area (Å²) in [5.41, 5.74) is 0.829. The van der Waals surface area contributed by atoms with Gasteiger partial charge in [-0.3, -0.25) is 14.4 Å². The quantitative estimate of drug-likeness (QED) is 0.137. The summed E-state index contributed by atoms with van der Waals surface area (Å²) in [6.45, 7) is 0. The molecule has 1 saturated heterocycles. The van der Waals surface area contributed by atoms with Crippen LogP contribution in [0, 0.1) is 0 Å². The van der Waals surface area contributed by atoms with E-state index in [1.807, 2.05) is 0 Å². The number of halogens is 4. The monoisotopic (exact) mass is 722 g/mol. The topological polar surface area (TPSA) is 90.4 Å². The fraction of sp³-hybridized carbons (Fsp3) is 0. The number of rotatable bonds is 3. The molecule has 12 heteroatoms. The molecule has 3 aromatic carbocycles. The first kappa shape index (κ1) is 24.0. The molecule has 0 unspecified atom stereocenters. The van der Waals surface area contributed by atoms with Crippen molar-refractivity contribution in [1.29, 1.82) is 0 Å². The fourth-order valence-corrected chi connectivity index (χ4v) is 6.16. The molecule has 2 aliphatic heterocycles. The zero-order chi connectivity index (χ0) is 25.0. The van der Waals surface area contributed by atoms with Crippen LogP contribution in [0.5, 0.6) is 0 Å². The van der Waals surface area contributed by atoms with Crippen LogP contribution in [0.1, 0.15) is 20.7 Å². The third-order valence-electron chi connectivity index (χ3n) is 5.29. The van der Waals surface area contributed by atoms with Crippen LogP contribution in [-0.2, 0) is 4.79 Å². The molecule has 0 N–H and O–H groups in total. The summed E-state index contributed by atoms with van der Waals surface area (Å²) < 4.78 is 1.74. The number of benzene rings is 3. The average Bonchev–Trinajstić information content (AvgIpc) is 3.26. The second-order valence-electron chi connectivity index (χ2n) is 7.28. The van der Waals surface area contributed by atoms with Crippen molar-refractivity contribution in [3.63, 3.8) is 0 Å². The molecule has 0 aromatic heterocycles. The van der Waals surface area contributed by atoms with Crippen LogP contribution in [0.2, 0.25) is 0 Å². The third kappa shape index (κ3) is 3.70. The zero-order valence-corrected chi connectivity index (χ0v) is 23.6. The molecule has 2 aliphatic rings. The average molecular weight is 726 g/mol. The van der Waals surface area contributed by atoms with Gasteiger partial charge in [0.05, 0.1) is 22.5 Å². The first-order chi connectivity index (χ1) is 16.7. The zero-order valence-electron chi connectivity index (χ0n) is 17.2. The van der Waals surface area contributed by atoms with E-state index in [-0.39, 0.29) is 17.0 Å². The van der Waals surface area contributed by atoms with Crippen molar-refractivity contribution < 1.29 is 19.2 Å². The van der Waals surface area contributed by atoms with Gasteiger partial charge >= 0.3 is 11.9 Å². The maximum Gasteiger partial charge on any atom is 0.342 e. The highest BCUT2D eigenvalue weighted by Crippen LogP contribution is 2.45. The van der Waals surface area contributed by atoms with E-state index in [0.717, 1.165) is 9.80 Å². The highest BCUT2D eigenvalue weighted by Gasteiger charge is 2.48. The van der Waals surface area contributed by atoms with Gasteiger partial charge in [0.1, 0.15) is 0 Å². The summed E-state index contributed by atoms with van der Waals surface area (Å²) in [6.07, 6.45) is 0. The molecule has 174 valence electrons. The van der Waals surface area contributed by atoms with Crippen LogP contribution in [0.4, 0.5) is 16.2 Å². The van der Waals surface area contributed by atoms with Crippen molar-refractivity contribution in [2.75, 3.05) is 9.80 Å². The maximum atomic E-state index is 13.5. The minimum absolute atomic E-state index is 0.0734. The summed E-state index contributed by atoms with van der Waals surface area (Å²) in [5.74, 6) is -2.65. The number of carbonyl (C=O) groups excluding carboxylic acids is 4. The second kappa shape index (κ2) is 9.08. The van der Waals surface area contributed by atoms with Crippen LogP contribution in [0.25, 0.3) is 0 Å². The van der Waals surface area contributed by atoms with E-state index in [4.69, 9.17) is 0 Å². The van der Waals surface area contributed by atoms with Crippen molar-refractivity contribution in [2.45, 2.75) is 0 Å². The van der Waals surface area contributed by atoms with Crippen LogP contribution < -0.4 is 9.80 Å². The summed E-state index contributed by atoms with van der Waals surface area (Å²) in [5, 5.41) is 4.75. The van der Waals surface area contributed by atoms with Gasteiger partial charge in [-0.1, -0.05) is 36.4 Å². The number of amides is 5. The summed E-state index contributed by atoms with van der Waals surface area (Å²) >= 11 is 13.4. The third-order valence-corrected chi connectivity index (χ3v) is 10.1. The van der Waals surface area contributed by atoms with Crippen molar-refractivity contribution >= 4 is 105 Å². The number of urea groups is 1. The molecule has 5 rings (SSSR count). The number of hydrazone groups is 1. The molecule has 35 heavy (non-hydrogen) atoms. The van der Waals surface area contributed by atoms with Gasteiger partial charge in [0.2, 0.25) is 5.84 Å². The van der Waals surface area contributed by atoms with Crippen LogP contribution in [0.15, 0.2) is 83.7 Å². The van der Waals surface area contributed by atoms with Crippen molar-refractivity contribution in [1.82, 2.24) is 5.01 Å². The van der Waals surface area contributed by atoms with E-state index in [9.17, 15) is 19.2 Å². The normalized spacial score (nSPS) is 16.7. The van der Waals surface area contributed by atoms with Crippen LogP contribution in [0.3, 0.4) is 0 Å².